The van der Waals surface area contributed by atoms with Crippen molar-refractivity contribution in [3.8, 4) is 0 Å². The lowest BCUT2D eigenvalue weighted by atomic mass is 10.1. The summed E-state index contributed by atoms with van der Waals surface area (Å²) in [5, 5.41) is 5.53. The minimum absolute atomic E-state index is 0.103. The Morgan fingerprint density at radius 2 is 1.79 bits per heavy atom. The average Bonchev–Trinajstić information content (AvgIpc) is 2.83. The van der Waals surface area contributed by atoms with Crippen LogP contribution in [0.1, 0.15) is 23.7 Å². The minimum atomic E-state index is -4.53. The van der Waals surface area contributed by atoms with E-state index in [1.165, 1.54) is 17.0 Å². The number of aromatic nitrogens is 3. The molecule has 0 aliphatic heterocycles. The summed E-state index contributed by atoms with van der Waals surface area (Å²) < 4.78 is 40.5. The number of carbonyl (C=O) groups excluding carboxylic acids is 1. The zero-order valence-corrected chi connectivity index (χ0v) is 18.3. The number of halogens is 3. The molecule has 0 aliphatic rings. The van der Waals surface area contributed by atoms with E-state index in [1.54, 1.807) is 49.6 Å². The molecule has 0 fully saturated rings. The predicted molar refractivity (Wildman–Crippen MR) is 123 cm³/mol. The fraction of sp³-hybridized carbons (Fsp3) is 0.200. The first-order valence-corrected chi connectivity index (χ1v) is 10.6. The third-order valence-electron chi connectivity index (χ3n) is 5.43. The maximum atomic E-state index is 13.1. The third-order valence-corrected chi connectivity index (χ3v) is 5.43. The Labute approximate surface area is 193 Å². The van der Waals surface area contributed by atoms with Crippen molar-refractivity contribution < 1.29 is 18.0 Å². The van der Waals surface area contributed by atoms with Crippen LogP contribution >= 0.6 is 0 Å². The summed E-state index contributed by atoms with van der Waals surface area (Å²) >= 11 is 0. The Balaban J connectivity index is 1.70. The topological polar surface area (TPSA) is 68.1 Å². The van der Waals surface area contributed by atoms with Gasteiger partial charge in [-0.2, -0.15) is 18.3 Å². The number of fused-ring (bicyclic) bond motifs is 1. The van der Waals surface area contributed by atoms with Crippen molar-refractivity contribution >= 4 is 22.4 Å². The highest BCUT2D eigenvalue weighted by atomic mass is 19.4. The van der Waals surface area contributed by atoms with Crippen molar-refractivity contribution in [2.75, 3.05) is 11.4 Å². The van der Waals surface area contributed by atoms with E-state index in [2.05, 4.69) is 10.1 Å². The van der Waals surface area contributed by atoms with Crippen molar-refractivity contribution in [2.45, 2.75) is 26.1 Å². The Morgan fingerprint density at radius 1 is 1.03 bits per heavy atom. The number of hydrogen-bond acceptors (Lipinski definition) is 4. The average molecular weight is 466 g/mol. The van der Waals surface area contributed by atoms with Crippen LogP contribution in [0.15, 0.2) is 77.9 Å². The number of amides is 1. The number of pyridine rings is 1. The van der Waals surface area contributed by atoms with E-state index in [0.717, 1.165) is 22.4 Å². The lowest BCUT2D eigenvalue weighted by Crippen LogP contribution is -2.38. The van der Waals surface area contributed by atoms with Gasteiger partial charge >= 0.3 is 6.18 Å². The Morgan fingerprint density at radius 3 is 2.47 bits per heavy atom. The van der Waals surface area contributed by atoms with E-state index in [4.69, 9.17) is 0 Å². The Bertz CT molecular complexity index is 1380. The number of anilines is 1. The van der Waals surface area contributed by atoms with Gasteiger partial charge in [-0.1, -0.05) is 30.3 Å². The minimum Gasteiger partial charge on any atom is -0.311 e. The van der Waals surface area contributed by atoms with E-state index in [1.807, 2.05) is 6.07 Å². The second kappa shape index (κ2) is 9.46. The molecule has 4 rings (SSSR count). The zero-order chi connectivity index (χ0) is 24.3. The summed E-state index contributed by atoms with van der Waals surface area (Å²) in [6, 6.07) is 15.2. The molecular formula is C25H21F3N4O2. The number of rotatable bonds is 6. The molecule has 0 unspecified atom stereocenters. The van der Waals surface area contributed by atoms with Crippen LogP contribution < -0.4 is 10.5 Å². The molecule has 9 heteroatoms. The normalized spacial score (nSPS) is 11.5. The molecule has 0 saturated carbocycles. The standard InChI is InChI=1S/C25H21F3N4O2/c1-2-31(19-9-5-8-18(14-19)25(26,27)28)23(33)16-32-24(34)21-11-4-3-10-20(21)22(30-32)13-17-7-6-12-29-15-17/h3-12,14-15H,2,13,16H2,1H3. The first kappa shape index (κ1) is 23.2. The molecule has 34 heavy (non-hydrogen) atoms. The monoisotopic (exact) mass is 466 g/mol. The highest BCUT2D eigenvalue weighted by molar-refractivity contribution is 5.93. The first-order chi connectivity index (χ1) is 16.3. The predicted octanol–water partition coefficient (Wildman–Crippen LogP) is 4.45. The van der Waals surface area contributed by atoms with Crippen molar-refractivity contribution in [1.82, 2.24) is 14.8 Å². The summed E-state index contributed by atoms with van der Waals surface area (Å²) in [7, 11) is 0. The molecule has 2 heterocycles. The van der Waals surface area contributed by atoms with Gasteiger partial charge in [-0.25, -0.2) is 4.68 Å². The van der Waals surface area contributed by atoms with E-state index >= 15 is 0 Å². The van der Waals surface area contributed by atoms with Crippen LogP contribution in [-0.4, -0.2) is 27.2 Å². The SMILES string of the molecule is CCN(C(=O)Cn1nc(Cc2cccnc2)c2ccccc2c1=O)c1cccc(C(F)(F)F)c1. The maximum absolute atomic E-state index is 13.1. The van der Waals surface area contributed by atoms with Gasteiger partial charge in [0.2, 0.25) is 5.91 Å². The third kappa shape index (κ3) is 4.83. The largest absolute Gasteiger partial charge is 0.416 e. The molecule has 1 amide bonds. The molecule has 0 aliphatic carbocycles. The van der Waals surface area contributed by atoms with Gasteiger partial charge in [-0.05, 0) is 42.8 Å². The number of carbonyl (C=O) groups is 1. The summed E-state index contributed by atoms with van der Waals surface area (Å²) in [5.41, 5.74) is 0.288. The second-order valence-corrected chi connectivity index (χ2v) is 7.68. The van der Waals surface area contributed by atoms with Crippen molar-refractivity contribution in [3.63, 3.8) is 0 Å². The van der Waals surface area contributed by atoms with Crippen LogP contribution in [0, 0.1) is 0 Å². The van der Waals surface area contributed by atoms with Gasteiger partial charge in [0.1, 0.15) is 6.54 Å². The van der Waals surface area contributed by atoms with Crippen LogP contribution in [0.3, 0.4) is 0 Å². The van der Waals surface area contributed by atoms with Gasteiger partial charge in [-0.3, -0.25) is 14.6 Å². The quantitative estimate of drug-likeness (QED) is 0.421. The molecule has 2 aromatic heterocycles. The summed E-state index contributed by atoms with van der Waals surface area (Å²) in [6.07, 6.45) is -0.782. The zero-order valence-electron chi connectivity index (χ0n) is 18.3. The summed E-state index contributed by atoms with van der Waals surface area (Å²) in [5.74, 6) is -0.543. The molecule has 0 spiro atoms. The van der Waals surface area contributed by atoms with Gasteiger partial charge in [0, 0.05) is 36.4 Å². The van der Waals surface area contributed by atoms with Crippen LogP contribution in [0.4, 0.5) is 18.9 Å². The highest BCUT2D eigenvalue weighted by Crippen LogP contribution is 2.31. The maximum Gasteiger partial charge on any atom is 0.416 e. The Hall–Kier alpha value is -4.01. The molecule has 0 atom stereocenters. The molecule has 0 bridgehead atoms. The van der Waals surface area contributed by atoms with E-state index in [9.17, 15) is 22.8 Å². The van der Waals surface area contributed by atoms with Gasteiger partial charge in [0.05, 0.1) is 16.6 Å². The first-order valence-electron chi connectivity index (χ1n) is 10.6. The lowest BCUT2D eigenvalue weighted by molar-refractivity contribution is -0.137. The molecular weight excluding hydrogens is 445 g/mol. The van der Waals surface area contributed by atoms with Crippen LogP contribution in [0.2, 0.25) is 0 Å². The van der Waals surface area contributed by atoms with Gasteiger partial charge in [0.25, 0.3) is 5.56 Å². The number of likely N-dealkylation sites (N-methyl/N-ethyl adjacent to an activating group) is 1. The molecule has 0 N–H and O–H groups in total. The highest BCUT2D eigenvalue weighted by Gasteiger charge is 2.31. The number of nitrogens with zero attached hydrogens (tertiary/aromatic N) is 4. The van der Waals surface area contributed by atoms with E-state index in [-0.39, 0.29) is 12.2 Å². The fourth-order valence-corrected chi connectivity index (χ4v) is 3.81. The van der Waals surface area contributed by atoms with Gasteiger partial charge in [-0.15, -0.1) is 0 Å². The molecule has 174 valence electrons. The van der Waals surface area contributed by atoms with Crippen molar-refractivity contribution in [2.24, 2.45) is 0 Å². The van der Waals surface area contributed by atoms with Crippen LogP contribution in [0.5, 0.6) is 0 Å². The van der Waals surface area contributed by atoms with E-state index < -0.39 is 29.8 Å². The van der Waals surface area contributed by atoms with Gasteiger partial charge < -0.3 is 4.90 Å². The summed E-state index contributed by atoms with van der Waals surface area (Å²) in [6.45, 7) is 1.38. The lowest BCUT2D eigenvalue weighted by Gasteiger charge is -2.22. The molecule has 0 radical (unpaired) electrons. The van der Waals surface area contributed by atoms with Crippen molar-refractivity contribution in [3.05, 3.63) is 100 Å². The second-order valence-electron chi connectivity index (χ2n) is 7.68. The molecule has 0 saturated heterocycles. The fourth-order valence-electron chi connectivity index (χ4n) is 3.81. The Kier molecular flexibility index (Phi) is 6.45. The van der Waals surface area contributed by atoms with E-state index in [0.29, 0.717) is 22.9 Å². The van der Waals surface area contributed by atoms with Crippen LogP contribution in [-0.2, 0) is 23.9 Å². The smallest absolute Gasteiger partial charge is 0.311 e. The van der Waals surface area contributed by atoms with Gasteiger partial charge in [0.15, 0.2) is 0 Å². The molecule has 6 nitrogen and oxygen atoms in total. The number of alkyl halides is 3. The molecule has 4 aromatic rings. The number of hydrogen-bond donors (Lipinski definition) is 0. The number of benzene rings is 2. The summed E-state index contributed by atoms with van der Waals surface area (Å²) in [4.78, 5) is 31.5. The van der Waals surface area contributed by atoms with Crippen LogP contribution in [0.25, 0.3) is 10.8 Å². The molecule has 2 aromatic carbocycles. The van der Waals surface area contributed by atoms with Crippen molar-refractivity contribution in [1.29, 1.82) is 0 Å².